The smallest absolute Gasteiger partial charge is 0.243 e. The Hall–Kier alpha value is -2.69. The van der Waals surface area contributed by atoms with Crippen LogP contribution in [0.4, 0.5) is 4.39 Å². The van der Waals surface area contributed by atoms with Gasteiger partial charge in [0.1, 0.15) is 11.9 Å². The molecule has 0 unspecified atom stereocenters. The number of aryl methyl sites for hydroxylation is 2. The Morgan fingerprint density at radius 3 is 2.03 bits per heavy atom. The number of benzene rings is 2. The molecule has 2 aromatic rings. The highest BCUT2D eigenvalue weighted by molar-refractivity contribution is 5.87. The van der Waals surface area contributed by atoms with Crippen LogP contribution in [0.3, 0.4) is 0 Å². The van der Waals surface area contributed by atoms with Gasteiger partial charge in [-0.15, -0.1) is 0 Å². The van der Waals surface area contributed by atoms with Crippen molar-refractivity contribution in [3.05, 3.63) is 71.0 Å². The minimum absolute atomic E-state index is 0.0430. The fourth-order valence-electron chi connectivity index (χ4n) is 3.48. The van der Waals surface area contributed by atoms with Gasteiger partial charge in [-0.2, -0.15) is 0 Å². The molecule has 4 nitrogen and oxygen atoms in total. The molecular formula is C26H35FN2O2. The number of rotatable bonds is 11. The Kier molecular flexibility index (Phi) is 9.70. The normalized spacial score (nSPS) is 12.8. The van der Waals surface area contributed by atoms with Crippen LogP contribution in [0.15, 0.2) is 48.5 Å². The number of nitrogens with zero attached hydrogens (tertiary/aromatic N) is 1. The molecule has 0 spiro atoms. The molecule has 0 aliphatic rings. The quantitative estimate of drug-likeness (QED) is 0.547. The first-order valence-corrected chi connectivity index (χ1v) is 11.3. The van der Waals surface area contributed by atoms with Crippen molar-refractivity contribution in [3.63, 3.8) is 0 Å². The maximum absolute atomic E-state index is 13.3. The monoisotopic (exact) mass is 426 g/mol. The lowest BCUT2D eigenvalue weighted by Crippen LogP contribution is -2.50. The molecule has 0 aromatic heterocycles. The molecule has 2 amide bonds. The summed E-state index contributed by atoms with van der Waals surface area (Å²) in [5, 5.41) is 3.00. The molecule has 2 aromatic carbocycles. The van der Waals surface area contributed by atoms with Gasteiger partial charge in [0.15, 0.2) is 0 Å². The third kappa shape index (κ3) is 7.50. The molecule has 0 heterocycles. The number of carbonyl (C=O) groups excluding carboxylic acids is 2. The van der Waals surface area contributed by atoms with Crippen molar-refractivity contribution >= 4 is 11.8 Å². The fraction of sp³-hybridized carbons (Fsp3) is 0.462. The van der Waals surface area contributed by atoms with Crippen LogP contribution in [-0.4, -0.2) is 28.8 Å². The minimum atomic E-state index is -0.561. The predicted molar refractivity (Wildman–Crippen MR) is 123 cm³/mol. The van der Waals surface area contributed by atoms with E-state index in [0.717, 1.165) is 24.0 Å². The van der Waals surface area contributed by atoms with Crippen molar-refractivity contribution in [2.24, 2.45) is 0 Å². The second-order valence-corrected chi connectivity index (χ2v) is 8.06. The average molecular weight is 427 g/mol. The third-order valence-corrected chi connectivity index (χ3v) is 5.71. The minimum Gasteiger partial charge on any atom is -0.352 e. The first-order valence-electron chi connectivity index (χ1n) is 11.3. The Labute approximate surface area is 185 Å². The number of nitrogens with one attached hydrogen (secondary N) is 1. The van der Waals surface area contributed by atoms with Crippen LogP contribution >= 0.6 is 0 Å². The van der Waals surface area contributed by atoms with Gasteiger partial charge >= 0.3 is 0 Å². The Morgan fingerprint density at radius 2 is 1.48 bits per heavy atom. The van der Waals surface area contributed by atoms with Gasteiger partial charge in [0.2, 0.25) is 11.8 Å². The van der Waals surface area contributed by atoms with Crippen LogP contribution < -0.4 is 5.32 Å². The van der Waals surface area contributed by atoms with Gasteiger partial charge in [-0.05, 0) is 61.4 Å². The molecule has 168 valence electrons. The van der Waals surface area contributed by atoms with E-state index in [1.54, 1.807) is 17.0 Å². The lowest BCUT2D eigenvalue weighted by Gasteiger charge is -2.31. The van der Waals surface area contributed by atoms with Gasteiger partial charge in [-0.1, -0.05) is 57.2 Å². The summed E-state index contributed by atoms with van der Waals surface area (Å²) in [4.78, 5) is 27.8. The van der Waals surface area contributed by atoms with Gasteiger partial charge < -0.3 is 10.2 Å². The zero-order chi connectivity index (χ0) is 22.8. The first-order chi connectivity index (χ1) is 14.9. The van der Waals surface area contributed by atoms with Crippen LogP contribution in [0.5, 0.6) is 0 Å². The topological polar surface area (TPSA) is 49.4 Å². The zero-order valence-corrected chi connectivity index (χ0v) is 19.2. The second-order valence-electron chi connectivity index (χ2n) is 8.06. The first kappa shape index (κ1) is 24.6. The van der Waals surface area contributed by atoms with E-state index in [1.165, 1.54) is 17.7 Å². The summed E-state index contributed by atoms with van der Waals surface area (Å²) in [7, 11) is 0. The number of hydrogen-bond acceptors (Lipinski definition) is 2. The average Bonchev–Trinajstić information content (AvgIpc) is 2.78. The van der Waals surface area contributed by atoms with Crippen LogP contribution in [0.1, 0.15) is 63.6 Å². The van der Waals surface area contributed by atoms with Crippen molar-refractivity contribution in [3.8, 4) is 0 Å². The molecule has 2 atom stereocenters. The Balaban J connectivity index is 2.18. The fourth-order valence-corrected chi connectivity index (χ4v) is 3.48. The van der Waals surface area contributed by atoms with Crippen LogP contribution in [0.2, 0.25) is 0 Å². The van der Waals surface area contributed by atoms with Crippen LogP contribution in [-0.2, 0) is 29.0 Å². The number of hydrogen-bond donors (Lipinski definition) is 1. The summed E-state index contributed by atoms with van der Waals surface area (Å²) < 4.78 is 13.3. The standard InChI is InChI=1S/C26H35FN2O2/c1-5-19(4)28-26(31)24(7-3)29(18-22-12-15-23(27)16-13-22)25(30)17-14-21-10-8-20(6-2)9-11-21/h8-13,15-16,19,24H,5-7,14,17-18H2,1-4H3,(H,28,31)/t19-,24-/m1/s1. The van der Waals surface area contributed by atoms with Crippen molar-refractivity contribution in [1.29, 1.82) is 0 Å². The highest BCUT2D eigenvalue weighted by Crippen LogP contribution is 2.16. The number of carbonyl (C=O) groups is 2. The van der Waals surface area contributed by atoms with Gasteiger partial charge in [0.05, 0.1) is 0 Å². The van der Waals surface area contributed by atoms with Crippen LogP contribution in [0.25, 0.3) is 0 Å². The second kappa shape index (κ2) is 12.2. The van der Waals surface area contributed by atoms with E-state index >= 15 is 0 Å². The molecule has 0 radical (unpaired) electrons. The van der Waals surface area contributed by atoms with E-state index in [0.29, 0.717) is 19.3 Å². The summed E-state index contributed by atoms with van der Waals surface area (Å²) in [6.45, 7) is 8.27. The summed E-state index contributed by atoms with van der Waals surface area (Å²) in [6, 6.07) is 13.9. The summed E-state index contributed by atoms with van der Waals surface area (Å²) in [5.74, 6) is -0.534. The molecule has 0 saturated heterocycles. The highest BCUT2D eigenvalue weighted by atomic mass is 19.1. The molecule has 0 bridgehead atoms. The molecule has 0 fully saturated rings. The maximum Gasteiger partial charge on any atom is 0.243 e. The Morgan fingerprint density at radius 1 is 0.903 bits per heavy atom. The molecular weight excluding hydrogens is 391 g/mol. The van der Waals surface area contributed by atoms with Gasteiger partial charge in [0, 0.05) is 19.0 Å². The molecule has 31 heavy (non-hydrogen) atoms. The number of halogens is 1. The number of amides is 2. The van der Waals surface area contributed by atoms with Crippen molar-refractivity contribution < 1.29 is 14.0 Å². The largest absolute Gasteiger partial charge is 0.352 e. The van der Waals surface area contributed by atoms with Gasteiger partial charge in [0.25, 0.3) is 0 Å². The van der Waals surface area contributed by atoms with Crippen molar-refractivity contribution in [2.45, 2.75) is 78.4 Å². The molecule has 2 rings (SSSR count). The van der Waals surface area contributed by atoms with E-state index in [9.17, 15) is 14.0 Å². The zero-order valence-electron chi connectivity index (χ0n) is 19.2. The van der Waals surface area contributed by atoms with E-state index in [2.05, 4.69) is 36.5 Å². The van der Waals surface area contributed by atoms with E-state index < -0.39 is 6.04 Å². The predicted octanol–water partition coefficient (Wildman–Crippen LogP) is 5.04. The SMILES string of the molecule is CCc1ccc(CCC(=O)N(Cc2ccc(F)cc2)[C@H](CC)C(=O)N[C@H](C)CC)cc1. The molecule has 0 saturated carbocycles. The molecule has 5 heteroatoms. The maximum atomic E-state index is 13.3. The summed E-state index contributed by atoms with van der Waals surface area (Å²) >= 11 is 0. The van der Waals surface area contributed by atoms with Crippen LogP contribution in [0, 0.1) is 5.82 Å². The van der Waals surface area contributed by atoms with Gasteiger partial charge in [-0.3, -0.25) is 9.59 Å². The third-order valence-electron chi connectivity index (χ3n) is 5.71. The van der Waals surface area contributed by atoms with Crippen molar-refractivity contribution in [2.75, 3.05) is 0 Å². The van der Waals surface area contributed by atoms with E-state index in [4.69, 9.17) is 0 Å². The van der Waals surface area contributed by atoms with Gasteiger partial charge in [-0.25, -0.2) is 4.39 Å². The molecule has 1 N–H and O–H groups in total. The highest BCUT2D eigenvalue weighted by Gasteiger charge is 2.29. The molecule has 0 aliphatic heterocycles. The van der Waals surface area contributed by atoms with E-state index in [-0.39, 0.29) is 30.2 Å². The summed E-state index contributed by atoms with van der Waals surface area (Å²) in [6.07, 6.45) is 3.25. The van der Waals surface area contributed by atoms with Crippen molar-refractivity contribution in [1.82, 2.24) is 10.2 Å². The molecule has 0 aliphatic carbocycles. The Bertz CT molecular complexity index is 833. The summed E-state index contributed by atoms with van der Waals surface area (Å²) in [5.41, 5.74) is 3.17. The van der Waals surface area contributed by atoms with E-state index in [1.807, 2.05) is 20.8 Å². The lowest BCUT2D eigenvalue weighted by molar-refractivity contribution is -0.141. The lowest BCUT2D eigenvalue weighted by atomic mass is 10.0.